The van der Waals surface area contributed by atoms with Gasteiger partial charge >= 0.3 is 11.9 Å². The van der Waals surface area contributed by atoms with E-state index in [0.717, 1.165) is 0 Å². The molecule has 0 aliphatic carbocycles. The monoisotopic (exact) mass is 210 g/mol. The molecule has 0 spiro atoms. The van der Waals surface area contributed by atoms with Crippen molar-refractivity contribution in [2.75, 3.05) is 0 Å². The Morgan fingerprint density at radius 3 is 2.31 bits per heavy atom. The van der Waals surface area contributed by atoms with E-state index in [9.17, 15) is 13.6 Å². The molecule has 0 bridgehead atoms. The van der Waals surface area contributed by atoms with Crippen LogP contribution in [0.1, 0.15) is 27.2 Å². The Bertz CT molecular complexity index is 209. The highest BCUT2D eigenvalue weighted by Crippen LogP contribution is 2.16. The number of hydrogen-bond acceptors (Lipinski definition) is 3. The zero-order valence-corrected chi connectivity index (χ0v) is 8.58. The number of rotatable bonds is 3. The molecule has 0 amide bonds. The van der Waals surface area contributed by atoms with Crippen molar-refractivity contribution in [3.05, 3.63) is 0 Å². The van der Waals surface area contributed by atoms with E-state index in [1.165, 1.54) is 0 Å². The van der Waals surface area contributed by atoms with Gasteiger partial charge < -0.3 is 4.74 Å². The maximum Gasteiger partial charge on any atom is 0.312 e. The van der Waals surface area contributed by atoms with Gasteiger partial charge in [-0.1, -0.05) is 13.8 Å². The first-order chi connectivity index (χ1) is 5.73. The minimum Gasteiger partial charge on any atom is -0.412 e. The van der Waals surface area contributed by atoms with E-state index in [1.54, 1.807) is 13.8 Å². The van der Waals surface area contributed by atoms with Crippen molar-refractivity contribution < 1.29 is 18.3 Å². The van der Waals surface area contributed by atoms with Crippen molar-refractivity contribution in [3.63, 3.8) is 0 Å². The third-order valence-corrected chi connectivity index (χ3v) is 1.58. The van der Waals surface area contributed by atoms with Crippen molar-refractivity contribution in [2.24, 2.45) is 5.92 Å². The number of carbonyl (C=O) groups is 1. The lowest BCUT2D eigenvalue weighted by Gasteiger charge is -2.12. The molecule has 0 N–H and O–H groups in total. The molecular formula is C8H12F2O2S. The predicted molar refractivity (Wildman–Crippen MR) is 48.8 cm³/mol. The second kappa shape index (κ2) is 4.60. The third kappa shape index (κ3) is 5.63. The minimum atomic E-state index is -3.23. The molecule has 13 heavy (non-hydrogen) atoms. The Morgan fingerprint density at radius 1 is 1.54 bits per heavy atom. The summed E-state index contributed by atoms with van der Waals surface area (Å²) in [4.78, 5) is 10.9. The van der Waals surface area contributed by atoms with E-state index >= 15 is 0 Å². The van der Waals surface area contributed by atoms with Crippen molar-refractivity contribution in [1.29, 1.82) is 0 Å². The molecule has 0 fully saturated rings. The first-order valence-electron chi connectivity index (χ1n) is 3.86. The Labute approximate surface area is 81.3 Å². The number of ether oxygens (including phenoxy) is 1. The molecule has 0 aliphatic rings. The molecule has 0 radical (unpaired) electrons. The fourth-order valence-electron chi connectivity index (χ4n) is 0.568. The number of halogens is 2. The van der Waals surface area contributed by atoms with Gasteiger partial charge in [0.15, 0.2) is 0 Å². The van der Waals surface area contributed by atoms with E-state index in [1.807, 2.05) is 0 Å². The van der Waals surface area contributed by atoms with Gasteiger partial charge in [-0.3, -0.25) is 4.79 Å². The Balaban J connectivity index is 4.01. The standard InChI is InChI=1S/C8H12F2O2S/c1-5(2)4-6(11)12-7(13)8(3,9)10/h5H,4H2,1-3H3. The highest BCUT2D eigenvalue weighted by Gasteiger charge is 2.31. The summed E-state index contributed by atoms with van der Waals surface area (Å²) in [6, 6.07) is 0. The second-order valence-corrected chi connectivity index (χ2v) is 3.62. The van der Waals surface area contributed by atoms with Gasteiger partial charge in [-0.2, -0.15) is 8.78 Å². The Hall–Kier alpha value is -0.580. The number of thiocarbonyl (C=S) groups is 1. The van der Waals surface area contributed by atoms with Crippen LogP contribution in [0.25, 0.3) is 0 Å². The van der Waals surface area contributed by atoms with E-state index in [-0.39, 0.29) is 12.3 Å². The van der Waals surface area contributed by atoms with Crippen LogP contribution in [0.2, 0.25) is 0 Å². The van der Waals surface area contributed by atoms with E-state index in [0.29, 0.717) is 6.92 Å². The summed E-state index contributed by atoms with van der Waals surface area (Å²) in [6.07, 6.45) is 0.0935. The Kier molecular flexibility index (Phi) is 4.39. The van der Waals surface area contributed by atoms with Crippen LogP contribution >= 0.6 is 12.2 Å². The summed E-state index contributed by atoms with van der Waals surface area (Å²) in [7, 11) is 0. The van der Waals surface area contributed by atoms with Gasteiger partial charge in [0, 0.05) is 13.3 Å². The van der Waals surface area contributed by atoms with Gasteiger partial charge in [0.2, 0.25) is 5.05 Å². The molecular weight excluding hydrogens is 198 g/mol. The number of esters is 1. The maximum atomic E-state index is 12.4. The van der Waals surface area contributed by atoms with Crippen LogP contribution in [0.15, 0.2) is 0 Å². The molecule has 2 nitrogen and oxygen atoms in total. The lowest BCUT2D eigenvalue weighted by Crippen LogP contribution is -2.27. The zero-order valence-electron chi connectivity index (χ0n) is 7.77. The third-order valence-electron chi connectivity index (χ3n) is 1.14. The summed E-state index contributed by atoms with van der Waals surface area (Å²) < 4.78 is 29.1. The van der Waals surface area contributed by atoms with Crippen LogP contribution in [0, 0.1) is 5.92 Å². The van der Waals surface area contributed by atoms with Crippen LogP contribution in [0.4, 0.5) is 8.78 Å². The summed E-state index contributed by atoms with van der Waals surface area (Å²) in [6.45, 7) is 4.17. The van der Waals surface area contributed by atoms with Crippen molar-refractivity contribution in [1.82, 2.24) is 0 Å². The van der Waals surface area contributed by atoms with Crippen LogP contribution in [0.5, 0.6) is 0 Å². The quantitative estimate of drug-likeness (QED) is 0.529. The second-order valence-electron chi connectivity index (χ2n) is 3.25. The largest absolute Gasteiger partial charge is 0.412 e. The van der Waals surface area contributed by atoms with Gasteiger partial charge in [-0.15, -0.1) is 0 Å². The van der Waals surface area contributed by atoms with Crippen molar-refractivity contribution in [2.45, 2.75) is 33.1 Å². The highest BCUT2D eigenvalue weighted by atomic mass is 32.1. The van der Waals surface area contributed by atoms with Gasteiger partial charge in [0.05, 0.1) is 0 Å². The molecule has 0 saturated carbocycles. The summed E-state index contributed by atoms with van der Waals surface area (Å²) in [5, 5.41) is -0.960. The molecule has 0 saturated heterocycles. The fraction of sp³-hybridized carbons (Fsp3) is 0.750. The number of alkyl halides is 2. The predicted octanol–water partition coefficient (Wildman–Crippen LogP) is 2.56. The molecule has 0 aromatic heterocycles. The van der Waals surface area contributed by atoms with Crippen LogP contribution in [-0.2, 0) is 9.53 Å². The molecule has 0 rings (SSSR count). The van der Waals surface area contributed by atoms with Gasteiger partial charge in [0.1, 0.15) is 0 Å². The summed E-state index contributed by atoms with van der Waals surface area (Å²) >= 11 is 4.23. The Morgan fingerprint density at radius 2 is 2.00 bits per heavy atom. The SMILES string of the molecule is CC(C)CC(=O)OC(=S)C(C)(F)F. The summed E-state index contributed by atoms with van der Waals surface area (Å²) in [5.74, 6) is -3.87. The highest BCUT2D eigenvalue weighted by molar-refractivity contribution is 7.80. The van der Waals surface area contributed by atoms with Crippen molar-refractivity contribution in [3.8, 4) is 0 Å². The molecule has 0 atom stereocenters. The normalized spacial score (nSPS) is 11.5. The molecule has 0 heterocycles. The van der Waals surface area contributed by atoms with E-state index < -0.39 is 16.9 Å². The number of carbonyl (C=O) groups excluding carboxylic acids is 1. The smallest absolute Gasteiger partial charge is 0.312 e. The lowest BCUT2D eigenvalue weighted by atomic mass is 10.1. The molecule has 5 heteroatoms. The van der Waals surface area contributed by atoms with Gasteiger partial charge in [-0.25, -0.2) is 0 Å². The molecule has 0 unspecified atom stereocenters. The van der Waals surface area contributed by atoms with Gasteiger partial charge in [-0.05, 0) is 18.1 Å². The van der Waals surface area contributed by atoms with Crippen LogP contribution in [-0.4, -0.2) is 16.9 Å². The molecule has 0 aromatic rings. The maximum absolute atomic E-state index is 12.4. The number of hydrogen-bond donors (Lipinski definition) is 0. The first-order valence-corrected chi connectivity index (χ1v) is 4.27. The average Bonchev–Trinajstić information content (AvgIpc) is 1.82. The topological polar surface area (TPSA) is 26.3 Å². The molecule has 76 valence electrons. The van der Waals surface area contributed by atoms with Crippen LogP contribution < -0.4 is 0 Å². The van der Waals surface area contributed by atoms with Crippen molar-refractivity contribution >= 4 is 23.2 Å². The van der Waals surface area contributed by atoms with Crippen LogP contribution in [0.3, 0.4) is 0 Å². The molecule has 0 aliphatic heterocycles. The van der Waals surface area contributed by atoms with E-state index in [4.69, 9.17) is 0 Å². The average molecular weight is 210 g/mol. The van der Waals surface area contributed by atoms with Gasteiger partial charge in [0.25, 0.3) is 0 Å². The minimum absolute atomic E-state index is 0.0702. The first kappa shape index (κ1) is 12.4. The fourth-order valence-corrected chi connectivity index (χ4v) is 0.661. The summed E-state index contributed by atoms with van der Waals surface area (Å²) in [5.41, 5.74) is 0. The lowest BCUT2D eigenvalue weighted by molar-refractivity contribution is -0.137. The molecule has 0 aromatic carbocycles. The van der Waals surface area contributed by atoms with E-state index in [2.05, 4.69) is 17.0 Å². The zero-order chi connectivity index (χ0) is 10.6.